The Morgan fingerprint density at radius 1 is 1.18 bits per heavy atom. The molecule has 0 aromatic heterocycles. The predicted octanol–water partition coefficient (Wildman–Crippen LogP) is -0.0859. The Hall–Kier alpha value is 0.0569. The summed E-state index contributed by atoms with van der Waals surface area (Å²) in [6.45, 7) is 6.91. The van der Waals surface area contributed by atoms with E-state index in [4.69, 9.17) is 20.3 Å². The molecule has 11 heavy (non-hydrogen) atoms. The highest BCUT2D eigenvalue weighted by Crippen LogP contribution is 2.07. The molecule has 0 bridgehead atoms. The average Bonchev–Trinajstić information content (AvgIpc) is 1.88. The van der Waals surface area contributed by atoms with Crippen molar-refractivity contribution in [2.75, 3.05) is 13.2 Å². The molecule has 0 aliphatic carbocycles. The topological polar surface area (TPSA) is 70.5 Å². The smallest absolute Gasteiger partial charge is 0.367 e. The standard InChI is InChI=1S/C6H18N2O2Si/c1-4-9-11(3,6(7)8)10-5-2/h6H,4-5,7-8H2,1-3H3. The Labute approximate surface area is 69.1 Å². The first-order chi connectivity index (χ1) is 5.06. The van der Waals surface area contributed by atoms with Crippen molar-refractivity contribution in [2.45, 2.75) is 26.2 Å². The van der Waals surface area contributed by atoms with Gasteiger partial charge >= 0.3 is 8.56 Å². The summed E-state index contributed by atoms with van der Waals surface area (Å²) in [5, 5.41) is 0. The van der Waals surface area contributed by atoms with E-state index in [1.165, 1.54) is 0 Å². The quantitative estimate of drug-likeness (QED) is 0.456. The molecule has 0 heterocycles. The van der Waals surface area contributed by atoms with Gasteiger partial charge in [-0.25, -0.2) is 0 Å². The summed E-state index contributed by atoms with van der Waals surface area (Å²) in [4.78, 5) is 0. The monoisotopic (exact) mass is 178 g/mol. The molecule has 0 spiro atoms. The van der Waals surface area contributed by atoms with E-state index in [9.17, 15) is 0 Å². The molecule has 0 aromatic rings. The minimum atomic E-state index is -2.27. The number of rotatable bonds is 5. The highest BCUT2D eigenvalue weighted by atomic mass is 28.4. The van der Waals surface area contributed by atoms with Crippen LogP contribution in [0.5, 0.6) is 0 Å². The minimum Gasteiger partial charge on any atom is -0.393 e. The normalized spacial score (nSPS) is 12.5. The van der Waals surface area contributed by atoms with Crippen molar-refractivity contribution < 1.29 is 8.85 Å². The van der Waals surface area contributed by atoms with Crippen molar-refractivity contribution >= 4 is 8.56 Å². The van der Waals surface area contributed by atoms with Crippen LogP contribution in [0.4, 0.5) is 0 Å². The van der Waals surface area contributed by atoms with Crippen molar-refractivity contribution in [2.24, 2.45) is 11.5 Å². The van der Waals surface area contributed by atoms with Crippen molar-refractivity contribution in [3.63, 3.8) is 0 Å². The molecule has 0 aliphatic heterocycles. The summed E-state index contributed by atoms with van der Waals surface area (Å²) in [7, 11) is -2.27. The second-order valence-corrected chi connectivity index (χ2v) is 5.68. The molecule has 0 unspecified atom stereocenters. The maximum Gasteiger partial charge on any atom is 0.367 e. The van der Waals surface area contributed by atoms with Crippen LogP contribution in [0.3, 0.4) is 0 Å². The van der Waals surface area contributed by atoms with Crippen LogP contribution in [0.25, 0.3) is 0 Å². The SMILES string of the molecule is CCO[Si](C)(OCC)C(N)N. The van der Waals surface area contributed by atoms with Crippen LogP contribution in [0, 0.1) is 0 Å². The van der Waals surface area contributed by atoms with Gasteiger partial charge in [-0.1, -0.05) is 0 Å². The lowest BCUT2D eigenvalue weighted by molar-refractivity contribution is 0.180. The van der Waals surface area contributed by atoms with Gasteiger partial charge in [0.05, 0.1) is 5.79 Å². The molecule has 0 saturated carbocycles. The number of hydrogen-bond acceptors (Lipinski definition) is 4. The van der Waals surface area contributed by atoms with E-state index >= 15 is 0 Å². The van der Waals surface area contributed by atoms with E-state index in [0.29, 0.717) is 13.2 Å². The molecule has 0 saturated heterocycles. The van der Waals surface area contributed by atoms with Gasteiger partial charge in [0, 0.05) is 13.2 Å². The van der Waals surface area contributed by atoms with Crippen LogP contribution in [-0.4, -0.2) is 27.6 Å². The lowest BCUT2D eigenvalue weighted by Crippen LogP contribution is -2.60. The largest absolute Gasteiger partial charge is 0.393 e. The predicted molar refractivity (Wildman–Crippen MR) is 47.0 cm³/mol. The van der Waals surface area contributed by atoms with Gasteiger partial charge in [0.1, 0.15) is 0 Å². The Bertz CT molecular complexity index is 105. The summed E-state index contributed by atoms with van der Waals surface area (Å²) < 4.78 is 10.8. The lowest BCUT2D eigenvalue weighted by Gasteiger charge is -2.28. The lowest BCUT2D eigenvalue weighted by atomic mass is 10.9. The zero-order valence-corrected chi connectivity index (χ0v) is 8.46. The van der Waals surface area contributed by atoms with Crippen LogP contribution in [0.1, 0.15) is 13.8 Å². The van der Waals surface area contributed by atoms with Crippen molar-refractivity contribution in [3.05, 3.63) is 0 Å². The average molecular weight is 178 g/mol. The fourth-order valence-corrected chi connectivity index (χ4v) is 2.42. The molecule has 0 amide bonds. The van der Waals surface area contributed by atoms with Crippen molar-refractivity contribution in [1.82, 2.24) is 0 Å². The molecule has 4 nitrogen and oxygen atoms in total. The highest BCUT2D eigenvalue weighted by Gasteiger charge is 2.36. The van der Waals surface area contributed by atoms with Crippen LogP contribution < -0.4 is 11.5 Å². The van der Waals surface area contributed by atoms with E-state index in [1.54, 1.807) is 0 Å². The van der Waals surface area contributed by atoms with Gasteiger partial charge < -0.3 is 20.3 Å². The molecule has 0 atom stereocenters. The van der Waals surface area contributed by atoms with Crippen LogP contribution in [0.15, 0.2) is 0 Å². The third-order valence-electron chi connectivity index (χ3n) is 1.47. The van der Waals surface area contributed by atoms with Crippen molar-refractivity contribution in [3.8, 4) is 0 Å². The van der Waals surface area contributed by atoms with E-state index in [2.05, 4.69) is 0 Å². The van der Waals surface area contributed by atoms with Gasteiger partial charge in [-0.3, -0.25) is 0 Å². The molecular weight excluding hydrogens is 160 g/mol. The third kappa shape index (κ3) is 3.30. The molecule has 68 valence electrons. The van der Waals surface area contributed by atoms with Gasteiger partial charge in [0.2, 0.25) is 0 Å². The van der Waals surface area contributed by atoms with E-state index in [-0.39, 0.29) is 0 Å². The summed E-state index contributed by atoms with van der Waals surface area (Å²) in [5.74, 6) is -0.470. The maximum atomic E-state index is 5.53. The molecule has 4 N–H and O–H groups in total. The van der Waals surface area contributed by atoms with Gasteiger partial charge in [-0.15, -0.1) is 0 Å². The molecule has 5 heteroatoms. The minimum absolute atomic E-state index is 0.470. The first-order valence-corrected chi connectivity index (χ1v) is 6.25. The van der Waals surface area contributed by atoms with Crippen LogP contribution >= 0.6 is 0 Å². The van der Waals surface area contributed by atoms with Gasteiger partial charge in [-0.2, -0.15) is 0 Å². The van der Waals surface area contributed by atoms with E-state index < -0.39 is 14.3 Å². The summed E-state index contributed by atoms with van der Waals surface area (Å²) >= 11 is 0. The van der Waals surface area contributed by atoms with Crippen LogP contribution in [0.2, 0.25) is 6.55 Å². The zero-order chi connectivity index (χ0) is 8.91. The highest BCUT2D eigenvalue weighted by molar-refractivity contribution is 6.67. The Balaban J connectivity index is 4.01. The fraction of sp³-hybridized carbons (Fsp3) is 1.00. The maximum absolute atomic E-state index is 5.53. The second kappa shape index (κ2) is 4.84. The third-order valence-corrected chi connectivity index (χ3v) is 4.40. The Morgan fingerprint density at radius 3 is 1.73 bits per heavy atom. The summed E-state index contributed by atoms with van der Waals surface area (Å²) in [6, 6.07) is 0. The Morgan fingerprint density at radius 2 is 1.55 bits per heavy atom. The van der Waals surface area contributed by atoms with E-state index in [1.807, 2.05) is 20.4 Å². The van der Waals surface area contributed by atoms with Gasteiger partial charge in [-0.05, 0) is 20.4 Å². The van der Waals surface area contributed by atoms with Gasteiger partial charge in [0.15, 0.2) is 0 Å². The number of hydrogen-bond donors (Lipinski definition) is 2. The first-order valence-electron chi connectivity index (χ1n) is 3.86. The molecule has 0 fully saturated rings. The summed E-state index contributed by atoms with van der Waals surface area (Å²) in [6.07, 6.45) is 0. The van der Waals surface area contributed by atoms with Gasteiger partial charge in [0.25, 0.3) is 0 Å². The molecule has 0 rings (SSSR count). The fourth-order valence-electron chi connectivity index (χ4n) is 0.807. The Kier molecular flexibility index (Phi) is 4.86. The molecule has 0 aliphatic rings. The van der Waals surface area contributed by atoms with Crippen LogP contribution in [-0.2, 0) is 8.85 Å². The molecule has 0 radical (unpaired) electrons. The van der Waals surface area contributed by atoms with Crippen molar-refractivity contribution in [1.29, 1.82) is 0 Å². The van der Waals surface area contributed by atoms with E-state index in [0.717, 1.165) is 0 Å². The number of nitrogens with two attached hydrogens (primary N) is 2. The first kappa shape index (κ1) is 11.1. The molecular formula is C6H18N2O2Si. The second-order valence-electron chi connectivity index (χ2n) is 2.41. The summed E-state index contributed by atoms with van der Waals surface area (Å²) in [5.41, 5.74) is 11.1. The molecule has 0 aromatic carbocycles. The zero-order valence-electron chi connectivity index (χ0n) is 7.46.